The molecule has 2 aliphatic heterocycles. The molecule has 41 heavy (non-hydrogen) atoms. The Balaban J connectivity index is 1.45. The van der Waals surface area contributed by atoms with E-state index in [9.17, 15) is 9.90 Å². The highest BCUT2D eigenvalue weighted by Gasteiger charge is 2.33. The van der Waals surface area contributed by atoms with Crippen LogP contribution in [0.5, 0.6) is 5.75 Å². The summed E-state index contributed by atoms with van der Waals surface area (Å²) in [5.41, 5.74) is 6.00. The number of anilines is 1. The third kappa shape index (κ3) is 6.21. The van der Waals surface area contributed by atoms with Crippen LogP contribution in [0, 0.1) is 13.8 Å². The van der Waals surface area contributed by atoms with E-state index in [1.807, 2.05) is 37.3 Å². The number of carbonyl (C=O) groups is 1. The first-order chi connectivity index (χ1) is 19.9. The zero-order valence-corrected chi connectivity index (χ0v) is 24.7. The maximum atomic E-state index is 12.8. The van der Waals surface area contributed by atoms with Crippen LogP contribution in [-0.4, -0.2) is 60.2 Å². The van der Waals surface area contributed by atoms with Gasteiger partial charge in [-0.05, 0) is 93.9 Å². The summed E-state index contributed by atoms with van der Waals surface area (Å²) >= 11 is 1.25. The van der Waals surface area contributed by atoms with Crippen LogP contribution in [0.1, 0.15) is 30.8 Å². The zero-order chi connectivity index (χ0) is 28.9. The second kappa shape index (κ2) is 12.7. The van der Waals surface area contributed by atoms with Gasteiger partial charge in [0.1, 0.15) is 22.1 Å². The number of esters is 1. The van der Waals surface area contributed by atoms with E-state index < -0.39 is 5.97 Å². The van der Waals surface area contributed by atoms with E-state index in [-0.39, 0.29) is 17.9 Å². The number of ether oxygens (including phenoxy) is 3. The van der Waals surface area contributed by atoms with Gasteiger partial charge in [-0.25, -0.2) is 9.79 Å². The maximum Gasteiger partial charge on any atom is 0.344 e. The van der Waals surface area contributed by atoms with Crippen molar-refractivity contribution in [3.05, 3.63) is 87.8 Å². The van der Waals surface area contributed by atoms with Crippen molar-refractivity contribution in [2.24, 2.45) is 4.99 Å². The molecule has 0 saturated carbocycles. The highest BCUT2D eigenvalue weighted by atomic mass is 32.2. The van der Waals surface area contributed by atoms with Gasteiger partial charge in [0.15, 0.2) is 0 Å². The van der Waals surface area contributed by atoms with Crippen molar-refractivity contribution < 1.29 is 24.1 Å². The van der Waals surface area contributed by atoms with E-state index in [1.54, 1.807) is 6.92 Å². The molecule has 8 nitrogen and oxygen atoms in total. The number of thioether (sulfide) groups is 1. The zero-order valence-electron chi connectivity index (χ0n) is 23.8. The first-order valence-corrected chi connectivity index (χ1v) is 14.7. The number of hydrogen-bond donors (Lipinski definition) is 1. The number of morpholine rings is 1. The summed E-state index contributed by atoms with van der Waals surface area (Å²) in [4.78, 5) is 20.4. The Bertz CT molecular complexity index is 1500. The molecule has 214 valence electrons. The second-order valence-corrected chi connectivity index (χ2v) is 10.7. The van der Waals surface area contributed by atoms with Gasteiger partial charge in [-0.3, -0.25) is 0 Å². The lowest BCUT2D eigenvalue weighted by Gasteiger charge is -2.29. The Morgan fingerprint density at radius 1 is 1.02 bits per heavy atom. The molecule has 1 aromatic heterocycles. The number of rotatable bonds is 8. The van der Waals surface area contributed by atoms with E-state index in [2.05, 4.69) is 58.6 Å². The fourth-order valence-corrected chi connectivity index (χ4v) is 6.03. The summed E-state index contributed by atoms with van der Waals surface area (Å²) in [6.45, 7) is 11.8. The van der Waals surface area contributed by atoms with Crippen LogP contribution in [0.25, 0.3) is 11.8 Å². The molecule has 0 spiro atoms. The molecule has 0 radical (unpaired) electrons. The number of carbonyl (C=O) groups excluding carboxylic acids is 1. The largest absolute Gasteiger partial charge is 0.506 e. The minimum absolute atomic E-state index is 0.0736. The van der Waals surface area contributed by atoms with Gasteiger partial charge in [0.2, 0.25) is 0 Å². The smallest absolute Gasteiger partial charge is 0.344 e. The predicted molar refractivity (Wildman–Crippen MR) is 165 cm³/mol. The molecule has 0 unspecified atom stereocenters. The highest BCUT2D eigenvalue weighted by Crippen LogP contribution is 2.41. The maximum absolute atomic E-state index is 12.8. The normalized spacial score (nSPS) is 17.5. The summed E-state index contributed by atoms with van der Waals surface area (Å²) < 4.78 is 18.4. The Kier molecular flexibility index (Phi) is 8.85. The molecule has 9 heteroatoms. The summed E-state index contributed by atoms with van der Waals surface area (Å²) in [7, 11) is 0. The number of benzene rings is 2. The van der Waals surface area contributed by atoms with E-state index >= 15 is 0 Å². The number of aliphatic hydroxyl groups excluding tert-OH is 1. The molecular weight excluding hydrogens is 538 g/mol. The fraction of sp³-hybridized carbons (Fsp3) is 0.312. The minimum atomic E-state index is -0.601. The van der Waals surface area contributed by atoms with E-state index in [1.165, 1.54) is 17.4 Å². The molecular formula is C32H35N3O5S. The quantitative estimate of drug-likeness (QED) is 0.307. The van der Waals surface area contributed by atoms with Crippen molar-refractivity contribution in [1.29, 1.82) is 0 Å². The standard InChI is InChI=1S/C32H35N3O5S/c1-5-39-27-13-7-24(8-14-27)33-31-29(32(37)40-6-2)30(36)28(41-31)20-23-19-21(3)35(22(23)4)26-11-9-25(10-12-26)34-15-17-38-18-16-34/h7-14,19-20,36H,5-6,15-18H2,1-4H3/b28-20-,33-31?. The Morgan fingerprint density at radius 3 is 2.37 bits per heavy atom. The van der Waals surface area contributed by atoms with Crippen LogP contribution < -0.4 is 9.64 Å². The fourth-order valence-electron chi connectivity index (χ4n) is 5.00. The number of aromatic nitrogens is 1. The lowest BCUT2D eigenvalue weighted by Crippen LogP contribution is -2.36. The summed E-state index contributed by atoms with van der Waals surface area (Å²) in [5, 5.41) is 11.6. The van der Waals surface area contributed by atoms with Crippen molar-refractivity contribution in [1.82, 2.24) is 4.57 Å². The Hall–Kier alpha value is -3.95. The van der Waals surface area contributed by atoms with Crippen LogP contribution in [0.2, 0.25) is 0 Å². The SMILES string of the molecule is CCOC(=O)C1=C(O)/C(=C/c2cc(C)n(-c3ccc(N4CCOCC4)cc3)c2C)SC1=Nc1ccc(OCC)cc1. The number of hydrogen-bond acceptors (Lipinski definition) is 8. The molecule has 2 aliphatic rings. The Morgan fingerprint density at radius 2 is 1.71 bits per heavy atom. The van der Waals surface area contributed by atoms with Crippen LogP contribution in [-0.2, 0) is 14.3 Å². The van der Waals surface area contributed by atoms with Crippen LogP contribution in [0.3, 0.4) is 0 Å². The van der Waals surface area contributed by atoms with Gasteiger partial charge in [0.25, 0.3) is 0 Å². The predicted octanol–water partition coefficient (Wildman–Crippen LogP) is 6.52. The third-order valence-corrected chi connectivity index (χ3v) is 8.01. The molecule has 0 amide bonds. The molecule has 0 aliphatic carbocycles. The van der Waals surface area contributed by atoms with Crippen molar-refractivity contribution in [3.8, 4) is 11.4 Å². The number of aliphatic imine (C=N–C) groups is 1. The number of aliphatic hydroxyl groups is 1. The second-order valence-electron chi connectivity index (χ2n) is 9.68. The van der Waals surface area contributed by atoms with Gasteiger partial charge >= 0.3 is 5.97 Å². The number of nitrogens with zero attached hydrogens (tertiary/aromatic N) is 3. The van der Waals surface area contributed by atoms with Crippen molar-refractivity contribution >= 4 is 40.2 Å². The van der Waals surface area contributed by atoms with E-state index in [4.69, 9.17) is 14.2 Å². The van der Waals surface area contributed by atoms with E-state index in [0.29, 0.717) is 22.2 Å². The van der Waals surface area contributed by atoms with Crippen LogP contribution in [0.4, 0.5) is 11.4 Å². The average Bonchev–Trinajstić information content (AvgIpc) is 3.44. The van der Waals surface area contributed by atoms with Crippen molar-refractivity contribution in [2.45, 2.75) is 27.7 Å². The average molecular weight is 574 g/mol. The summed E-state index contributed by atoms with van der Waals surface area (Å²) in [5.74, 6) is 0.0143. The molecule has 1 saturated heterocycles. The number of aryl methyl sites for hydroxylation is 1. The molecule has 3 aromatic rings. The van der Waals surface area contributed by atoms with Crippen molar-refractivity contribution in [2.75, 3.05) is 44.4 Å². The van der Waals surface area contributed by atoms with Gasteiger partial charge in [-0.1, -0.05) is 11.8 Å². The highest BCUT2D eigenvalue weighted by molar-refractivity contribution is 8.18. The lowest BCUT2D eigenvalue weighted by molar-refractivity contribution is -0.138. The summed E-state index contributed by atoms with van der Waals surface area (Å²) in [6.07, 6.45) is 1.90. The first-order valence-electron chi connectivity index (χ1n) is 13.8. The Labute approximate surface area is 244 Å². The van der Waals surface area contributed by atoms with Crippen LogP contribution >= 0.6 is 11.8 Å². The van der Waals surface area contributed by atoms with Crippen LogP contribution in [0.15, 0.2) is 75.8 Å². The molecule has 2 aromatic carbocycles. The van der Waals surface area contributed by atoms with E-state index in [0.717, 1.165) is 54.7 Å². The third-order valence-electron chi connectivity index (χ3n) is 6.99. The lowest BCUT2D eigenvalue weighted by atomic mass is 10.1. The minimum Gasteiger partial charge on any atom is -0.506 e. The molecule has 5 rings (SSSR count). The van der Waals surface area contributed by atoms with Gasteiger partial charge < -0.3 is 28.8 Å². The topological polar surface area (TPSA) is 85.5 Å². The molecule has 1 N–H and O–H groups in total. The first kappa shape index (κ1) is 28.6. The molecule has 3 heterocycles. The van der Waals surface area contributed by atoms with Gasteiger partial charge in [0, 0.05) is 35.9 Å². The van der Waals surface area contributed by atoms with Gasteiger partial charge in [-0.2, -0.15) is 0 Å². The van der Waals surface area contributed by atoms with Gasteiger partial charge in [-0.15, -0.1) is 0 Å². The van der Waals surface area contributed by atoms with Gasteiger partial charge in [0.05, 0.1) is 37.0 Å². The molecule has 0 atom stereocenters. The monoisotopic (exact) mass is 573 g/mol. The van der Waals surface area contributed by atoms with Crippen molar-refractivity contribution in [3.63, 3.8) is 0 Å². The molecule has 0 bridgehead atoms. The summed E-state index contributed by atoms with van der Waals surface area (Å²) in [6, 6.07) is 17.9. The molecule has 1 fully saturated rings.